The molecule has 4 aromatic rings. The molecule has 1 N–H and O–H groups in total. The van der Waals surface area contributed by atoms with Gasteiger partial charge in [-0.1, -0.05) is 29.3 Å². The van der Waals surface area contributed by atoms with Crippen LogP contribution in [-0.2, 0) is 26.0 Å². The van der Waals surface area contributed by atoms with Crippen LogP contribution in [0.2, 0.25) is 10.0 Å². The number of carbonyl (C=O) groups excluding carboxylic acids is 1. The standard InChI is InChI=1S/C29H25BrCl2N2O4S/c1-36-24-12-17(11-22(30)27(24)38-16-18-8-9-19(31)13-23(18)32)14-34-29-26(21-6-2-3-7-25(21)39-29)28(35)33-15-20-5-4-10-37-20/h4-5,8-14H,2-3,6-7,15-16H2,1H3,(H,33,35). The number of halogens is 3. The van der Waals surface area contributed by atoms with Crippen LogP contribution in [-0.4, -0.2) is 19.2 Å². The van der Waals surface area contributed by atoms with Crippen molar-refractivity contribution in [2.45, 2.75) is 38.8 Å². The molecule has 1 aliphatic rings. The molecule has 0 aliphatic heterocycles. The van der Waals surface area contributed by atoms with Crippen molar-refractivity contribution in [3.63, 3.8) is 0 Å². The average Bonchev–Trinajstić information content (AvgIpc) is 3.58. The maximum atomic E-state index is 13.3. The zero-order valence-electron chi connectivity index (χ0n) is 21.1. The summed E-state index contributed by atoms with van der Waals surface area (Å²) in [6.07, 6.45) is 7.38. The van der Waals surface area contributed by atoms with Crippen molar-refractivity contribution in [1.29, 1.82) is 0 Å². The molecular weight excluding hydrogens is 623 g/mol. The fraction of sp³-hybridized carbons (Fsp3) is 0.241. The number of benzene rings is 2. The minimum atomic E-state index is -0.138. The summed E-state index contributed by atoms with van der Waals surface area (Å²) in [5.74, 6) is 1.65. The summed E-state index contributed by atoms with van der Waals surface area (Å²) in [6.45, 7) is 0.572. The third-order valence-electron chi connectivity index (χ3n) is 6.35. The highest BCUT2D eigenvalue weighted by molar-refractivity contribution is 9.10. The second-order valence-corrected chi connectivity index (χ2v) is 11.8. The number of carbonyl (C=O) groups is 1. The van der Waals surface area contributed by atoms with Crippen molar-refractivity contribution < 1.29 is 18.7 Å². The molecule has 0 atom stereocenters. The summed E-state index contributed by atoms with van der Waals surface area (Å²) >= 11 is 17.5. The largest absolute Gasteiger partial charge is 0.493 e. The SMILES string of the molecule is COc1cc(C=Nc2sc3c(c2C(=O)NCc2ccco2)CCCC3)cc(Br)c1OCc1ccc(Cl)cc1Cl. The van der Waals surface area contributed by atoms with E-state index in [0.717, 1.165) is 42.4 Å². The summed E-state index contributed by atoms with van der Waals surface area (Å²) in [7, 11) is 1.58. The lowest BCUT2D eigenvalue weighted by molar-refractivity contribution is 0.0948. The maximum absolute atomic E-state index is 13.3. The van der Waals surface area contributed by atoms with E-state index < -0.39 is 0 Å². The number of thiophene rings is 1. The van der Waals surface area contributed by atoms with Gasteiger partial charge in [0.2, 0.25) is 0 Å². The van der Waals surface area contributed by atoms with Crippen molar-refractivity contribution in [2.24, 2.45) is 4.99 Å². The minimum Gasteiger partial charge on any atom is -0.493 e. The van der Waals surface area contributed by atoms with Crippen LogP contribution in [0.4, 0.5) is 5.00 Å². The Labute approximate surface area is 249 Å². The van der Waals surface area contributed by atoms with Crippen molar-refractivity contribution in [2.75, 3.05) is 7.11 Å². The van der Waals surface area contributed by atoms with Gasteiger partial charge in [-0.25, -0.2) is 4.99 Å². The first kappa shape index (κ1) is 27.8. The number of methoxy groups -OCH3 is 1. The van der Waals surface area contributed by atoms with Gasteiger partial charge in [-0.05, 0) is 89.1 Å². The molecule has 0 fully saturated rings. The Morgan fingerprint density at radius 1 is 1.21 bits per heavy atom. The van der Waals surface area contributed by atoms with Crippen LogP contribution in [0.1, 0.15) is 50.5 Å². The van der Waals surface area contributed by atoms with Crippen molar-refractivity contribution in [3.05, 3.63) is 96.1 Å². The molecule has 5 rings (SSSR count). The Kier molecular flexibility index (Phi) is 8.97. The second-order valence-electron chi connectivity index (χ2n) is 8.97. The zero-order valence-corrected chi connectivity index (χ0v) is 25.0. The summed E-state index contributed by atoms with van der Waals surface area (Å²) in [6, 6.07) is 12.7. The number of hydrogen-bond donors (Lipinski definition) is 1. The molecule has 0 unspecified atom stereocenters. The number of fused-ring (bicyclic) bond motifs is 1. The highest BCUT2D eigenvalue weighted by Gasteiger charge is 2.25. The van der Waals surface area contributed by atoms with Crippen LogP contribution in [0, 0.1) is 0 Å². The summed E-state index contributed by atoms with van der Waals surface area (Å²) in [5, 5.41) is 4.78. The van der Waals surface area contributed by atoms with Crippen LogP contribution in [0.25, 0.3) is 0 Å². The van der Waals surface area contributed by atoms with E-state index in [1.54, 1.807) is 49.1 Å². The van der Waals surface area contributed by atoms with Crippen molar-refractivity contribution in [1.82, 2.24) is 5.32 Å². The van der Waals surface area contributed by atoms with Gasteiger partial charge in [0, 0.05) is 26.7 Å². The van der Waals surface area contributed by atoms with Crippen LogP contribution in [0.5, 0.6) is 11.5 Å². The van der Waals surface area contributed by atoms with Crippen LogP contribution in [0.3, 0.4) is 0 Å². The van der Waals surface area contributed by atoms with Gasteiger partial charge in [-0.15, -0.1) is 11.3 Å². The molecule has 2 heterocycles. The molecule has 0 saturated heterocycles. The molecule has 2 aromatic carbocycles. The Morgan fingerprint density at radius 3 is 2.82 bits per heavy atom. The number of ether oxygens (including phenoxy) is 2. The van der Waals surface area contributed by atoms with Gasteiger partial charge in [-0.3, -0.25) is 4.79 Å². The highest BCUT2D eigenvalue weighted by atomic mass is 79.9. The van der Waals surface area contributed by atoms with Gasteiger partial charge in [0.05, 0.1) is 30.0 Å². The monoisotopic (exact) mass is 646 g/mol. The molecule has 1 amide bonds. The normalized spacial score (nSPS) is 12.9. The molecule has 1 aliphatic carbocycles. The smallest absolute Gasteiger partial charge is 0.255 e. The lowest BCUT2D eigenvalue weighted by Crippen LogP contribution is -2.23. The van der Waals surface area contributed by atoms with Gasteiger partial charge >= 0.3 is 0 Å². The van der Waals surface area contributed by atoms with Crippen LogP contribution in [0.15, 0.2) is 62.6 Å². The van der Waals surface area contributed by atoms with E-state index in [9.17, 15) is 4.79 Å². The molecule has 10 heteroatoms. The molecule has 0 spiro atoms. The number of nitrogens with one attached hydrogen (secondary N) is 1. The lowest BCUT2D eigenvalue weighted by atomic mass is 9.95. The van der Waals surface area contributed by atoms with Crippen LogP contribution >= 0.6 is 50.5 Å². The molecule has 2 aromatic heterocycles. The van der Waals surface area contributed by atoms with E-state index in [0.29, 0.717) is 48.9 Å². The third-order valence-corrected chi connectivity index (χ3v) is 8.73. The third kappa shape index (κ3) is 6.52. The average molecular weight is 648 g/mol. The van der Waals surface area contributed by atoms with E-state index in [4.69, 9.17) is 42.1 Å². The zero-order chi connectivity index (χ0) is 27.4. The van der Waals surface area contributed by atoms with Gasteiger partial charge in [-0.2, -0.15) is 0 Å². The molecule has 0 bridgehead atoms. The molecule has 0 saturated carbocycles. The number of amides is 1. The maximum Gasteiger partial charge on any atom is 0.255 e. The van der Waals surface area contributed by atoms with E-state index in [-0.39, 0.29) is 12.5 Å². The number of aliphatic imine (C=N–C) groups is 1. The molecule has 6 nitrogen and oxygen atoms in total. The molecular formula is C29H25BrCl2N2O4S. The van der Waals surface area contributed by atoms with E-state index >= 15 is 0 Å². The second kappa shape index (κ2) is 12.6. The first-order chi connectivity index (χ1) is 18.9. The Balaban J connectivity index is 1.38. The summed E-state index contributed by atoms with van der Waals surface area (Å²) in [5.41, 5.74) is 3.37. The fourth-order valence-electron chi connectivity index (χ4n) is 4.42. The van der Waals surface area contributed by atoms with Crippen molar-refractivity contribution in [3.8, 4) is 11.5 Å². The quantitative estimate of drug-likeness (QED) is 0.185. The number of rotatable bonds is 9. The topological polar surface area (TPSA) is 73.1 Å². The number of hydrogen-bond acceptors (Lipinski definition) is 6. The fourth-order valence-corrected chi connectivity index (χ4v) is 6.69. The van der Waals surface area contributed by atoms with Gasteiger partial charge in [0.25, 0.3) is 5.91 Å². The lowest BCUT2D eigenvalue weighted by Gasteiger charge is -2.14. The van der Waals surface area contributed by atoms with Crippen molar-refractivity contribution >= 4 is 67.6 Å². The number of furan rings is 1. The first-order valence-corrected chi connectivity index (χ1v) is 14.7. The predicted octanol–water partition coefficient (Wildman–Crippen LogP) is 8.56. The van der Waals surface area contributed by atoms with E-state index in [1.807, 2.05) is 24.3 Å². The molecule has 0 radical (unpaired) electrons. The van der Waals surface area contributed by atoms with Crippen LogP contribution < -0.4 is 14.8 Å². The Hall–Kier alpha value is -2.78. The van der Waals surface area contributed by atoms with Gasteiger partial charge < -0.3 is 19.2 Å². The predicted molar refractivity (Wildman–Crippen MR) is 160 cm³/mol. The molecule has 202 valence electrons. The summed E-state index contributed by atoms with van der Waals surface area (Å²) < 4.78 is 17.7. The van der Waals surface area contributed by atoms with Gasteiger partial charge in [0.15, 0.2) is 11.5 Å². The summed E-state index contributed by atoms with van der Waals surface area (Å²) in [4.78, 5) is 19.3. The number of nitrogens with zero attached hydrogens (tertiary/aromatic N) is 1. The van der Waals surface area contributed by atoms with E-state index in [2.05, 4.69) is 21.2 Å². The Bertz CT molecular complexity index is 1520. The van der Waals surface area contributed by atoms with E-state index in [1.165, 1.54) is 4.88 Å². The number of aryl methyl sites for hydroxylation is 1. The Morgan fingerprint density at radius 2 is 2.05 bits per heavy atom. The molecule has 39 heavy (non-hydrogen) atoms. The first-order valence-electron chi connectivity index (χ1n) is 12.4. The van der Waals surface area contributed by atoms with Gasteiger partial charge in [0.1, 0.15) is 17.4 Å². The highest BCUT2D eigenvalue weighted by Crippen LogP contribution is 2.41. The minimum absolute atomic E-state index is 0.138.